The van der Waals surface area contributed by atoms with Crippen LogP contribution in [-0.4, -0.2) is 26.5 Å². The van der Waals surface area contributed by atoms with Crippen molar-refractivity contribution in [3.63, 3.8) is 0 Å². The van der Waals surface area contributed by atoms with E-state index in [4.69, 9.17) is 16.3 Å². The first kappa shape index (κ1) is 18.8. The average molecular weight is 379 g/mol. The summed E-state index contributed by atoms with van der Waals surface area (Å²) in [5.41, 5.74) is 1.58. The number of nitrogens with zero attached hydrogens (tertiary/aromatic N) is 1. The van der Waals surface area contributed by atoms with E-state index in [-0.39, 0.29) is 10.5 Å². The highest BCUT2D eigenvalue weighted by Gasteiger charge is 2.24. The van der Waals surface area contributed by atoms with Gasteiger partial charge in [-0.1, -0.05) is 11.6 Å². The van der Waals surface area contributed by atoms with Crippen molar-refractivity contribution >= 4 is 33.5 Å². The van der Waals surface area contributed by atoms with Gasteiger partial charge in [0.15, 0.2) is 0 Å². The molecule has 0 saturated carbocycles. The monoisotopic (exact) mass is 378 g/mol. The van der Waals surface area contributed by atoms with Gasteiger partial charge in [-0.15, -0.1) is 0 Å². The van der Waals surface area contributed by atoms with Crippen molar-refractivity contribution in [1.82, 2.24) is 4.98 Å². The molecule has 0 radical (unpaired) electrons. The minimum atomic E-state index is -4.05. The van der Waals surface area contributed by atoms with E-state index in [0.717, 1.165) is 0 Å². The number of aromatic amines is 1. The Balaban J connectivity index is 2.65. The number of esters is 1. The molecule has 0 spiro atoms. The molecule has 6 nitrogen and oxygen atoms in total. The number of ether oxygens (including phenoxy) is 1. The lowest BCUT2D eigenvalue weighted by atomic mass is 10.1. The van der Waals surface area contributed by atoms with Crippen LogP contribution in [0.25, 0.3) is 6.08 Å². The van der Waals surface area contributed by atoms with Crippen LogP contribution in [0.15, 0.2) is 34.1 Å². The number of halogens is 1. The fourth-order valence-electron chi connectivity index (χ4n) is 2.39. The van der Waals surface area contributed by atoms with Crippen molar-refractivity contribution in [2.24, 2.45) is 0 Å². The number of rotatable bonds is 4. The lowest BCUT2D eigenvalue weighted by Crippen LogP contribution is -2.06. The van der Waals surface area contributed by atoms with E-state index in [1.165, 1.54) is 37.5 Å². The van der Waals surface area contributed by atoms with Crippen molar-refractivity contribution < 1.29 is 17.9 Å². The lowest BCUT2D eigenvalue weighted by Gasteiger charge is -2.05. The number of methoxy groups -OCH3 is 1. The number of aromatic nitrogens is 1. The summed E-state index contributed by atoms with van der Waals surface area (Å²) in [6.07, 6.45) is 1.18. The van der Waals surface area contributed by atoms with Gasteiger partial charge >= 0.3 is 5.97 Å². The molecule has 25 heavy (non-hydrogen) atoms. The molecule has 0 saturated heterocycles. The highest BCUT2D eigenvalue weighted by molar-refractivity contribution is 7.95. The zero-order valence-corrected chi connectivity index (χ0v) is 15.3. The van der Waals surface area contributed by atoms with Gasteiger partial charge < -0.3 is 9.72 Å². The molecule has 0 unspecified atom stereocenters. The maximum absolute atomic E-state index is 12.7. The van der Waals surface area contributed by atoms with Crippen LogP contribution >= 0.6 is 11.6 Å². The van der Waals surface area contributed by atoms with Crippen LogP contribution in [-0.2, 0) is 14.6 Å². The molecule has 1 N–H and O–H groups in total. The predicted octanol–water partition coefficient (Wildman–Crippen LogP) is 3.41. The second-order valence-corrected chi connectivity index (χ2v) is 7.59. The van der Waals surface area contributed by atoms with Crippen LogP contribution in [0.3, 0.4) is 0 Å². The molecule has 0 bridgehead atoms. The van der Waals surface area contributed by atoms with Crippen molar-refractivity contribution in [2.45, 2.75) is 18.7 Å². The third kappa shape index (κ3) is 3.60. The van der Waals surface area contributed by atoms with E-state index < -0.39 is 20.7 Å². The molecule has 0 aliphatic rings. The molecule has 130 valence electrons. The van der Waals surface area contributed by atoms with Gasteiger partial charge in [0.2, 0.25) is 9.84 Å². The van der Waals surface area contributed by atoms with Gasteiger partial charge in [0.25, 0.3) is 0 Å². The minimum Gasteiger partial charge on any atom is -0.465 e. The number of carbonyl (C=O) groups excluding carboxylic acids is 1. The number of aryl methyl sites for hydroxylation is 2. The number of sulfone groups is 1. The Bertz CT molecular complexity index is 997. The second kappa shape index (κ2) is 7.13. The largest absolute Gasteiger partial charge is 0.465 e. The third-order valence-corrected chi connectivity index (χ3v) is 5.54. The Morgan fingerprint density at radius 2 is 1.84 bits per heavy atom. The minimum absolute atomic E-state index is 0.0609. The predicted molar refractivity (Wildman–Crippen MR) is 93.8 cm³/mol. The SMILES string of the molecule is COC(=O)c1c(C)[nH]c(C)c1C=C(C#N)S(=O)(=O)c1ccc(Cl)cc1. The topological polar surface area (TPSA) is 100 Å². The lowest BCUT2D eigenvalue weighted by molar-refractivity contribution is 0.0600. The zero-order chi connectivity index (χ0) is 18.8. The molecular formula is C17H15ClN2O4S. The number of H-pyrrole nitrogens is 1. The van der Waals surface area contributed by atoms with Crippen molar-refractivity contribution in [3.8, 4) is 6.07 Å². The number of benzene rings is 1. The van der Waals surface area contributed by atoms with Gasteiger partial charge in [-0.05, 0) is 44.2 Å². The summed E-state index contributed by atoms with van der Waals surface area (Å²) >= 11 is 5.77. The van der Waals surface area contributed by atoms with Crippen LogP contribution < -0.4 is 0 Å². The smallest absolute Gasteiger partial charge is 0.340 e. The summed E-state index contributed by atoms with van der Waals surface area (Å²) in [6, 6.07) is 7.19. The maximum Gasteiger partial charge on any atom is 0.340 e. The molecule has 8 heteroatoms. The Morgan fingerprint density at radius 1 is 1.24 bits per heavy atom. The second-order valence-electron chi connectivity index (χ2n) is 5.23. The Kier molecular flexibility index (Phi) is 5.36. The zero-order valence-electron chi connectivity index (χ0n) is 13.8. The Hall–Kier alpha value is -2.56. The molecule has 0 fully saturated rings. The first-order valence-corrected chi connectivity index (χ1v) is 8.98. The standard InChI is InChI=1S/C17H15ClN2O4S/c1-10-15(16(11(2)20-10)17(21)24-3)8-14(9-19)25(22,23)13-6-4-12(18)5-7-13/h4-8,20H,1-3H3. The molecule has 0 aliphatic carbocycles. The van der Waals surface area contributed by atoms with Crippen molar-refractivity contribution in [2.75, 3.05) is 7.11 Å². The quantitative estimate of drug-likeness (QED) is 0.649. The van der Waals surface area contributed by atoms with E-state index in [0.29, 0.717) is 22.0 Å². The Labute approximate surface area is 150 Å². The summed E-state index contributed by atoms with van der Waals surface area (Å²) in [7, 11) is -2.82. The van der Waals surface area contributed by atoms with Gasteiger partial charge in [0.05, 0.1) is 17.6 Å². The molecular weight excluding hydrogens is 364 g/mol. The van der Waals surface area contributed by atoms with Gasteiger partial charge in [-0.3, -0.25) is 0 Å². The fourth-order valence-corrected chi connectivity index (χ4v) is 3.66. The first-order valence-electron chi connectivity index (χ1n) is 7.12. The summed E-state index contributed by atoms with van der Waals surface area (Å²) in [4.78, 5) is 14.4. The number of nitriles is 1. The number of hydrogen-bond acceptors (Lipinski definition) is 5. The van der Waals surface area contributed by atoms with Crippen LogP contribution in [0.4, 0.5) is 0 Å². The van der Waals surface area contributed by atoms with Crippen LogP contribution in [0, 0.1) is 25.2 Å². The molecule has 1 heterocycles. The number of nitrogens with one attached hydrogen (secondary N) is 1. The molecule has 1 aromatic carbocycles. The fraction of sp³-hybridized carbons (Fsp3) is 0.176. The van der Waals surface area contributed by atoms with Gasteiger partial charge in [0.1, 0.15) is 11.0 Å². The molecule has 1 aromatic heterocycles. The van der Waals surface area contributed by atoms with E-state index >= 15 is 0 Å². The van der Waals surface area contributed by atoms with Crippen LogP contribution in [0.1, 0.15) is 27.3 Å². The van der Waals surface area contributed by atoms with Gasteiger partial charge in [-0.25, -0.2) is 13.2 Å². The molecule has 0 atom stereocenters. The average Bonchev–Trinajstić information content (AvgIpc) is 2.85. The molecule has 2 aromatic rings. The third-order valence-electron chi connectivity index (χ3n) is 3.61. The van der Waals surface area contributed by atoms with Crippen molar-refractivity contribution in [1.29, 1.82) is 5.26 Å². The van der Waals surface area contributed by atoms with Crippen LogP contribution in [0.5, 0.6) is 0 Å². The summed E-state index contributed by atoms with van der Waals surface area (Å²) < 4.78 is 30.1. The van der Waals surface area contributed by atoms with Crippen LogP contribution in [0.2, 0.25) is 5.02 Å². The molecule has 0 aliphatic heterocycles. The first-order chi connectivity index (χ1) is 11.7. The molecule has 2 rings (SSSR count). The Morgan fingerprint density at radius 3 is 2.36 bits per heavy atom. The van der Waals surface area contributed by atoms with Crippen molar-refractivity contribution in [3.05, 3.63) is 56.7 Å². The van der Waals surface area contributed by atoms with Gasteiger partial charge in [0, 0.05) is 22.0 Å². The normalized spacial score (nSPS) is 11.9. The highest BCUT2D eigenvalue weighted by Crippen LogP contribution is 2.27. The summed E-state index contributed by atoms with van der Waals surface area (Å²) in [5.74, 6) is -0.616. The van der Waals surface area contributed by atoms with Gasteiger partial charge in [-0.2, -0.15) is 5.26 Å². The van der Waals surface area contributed by atoms with E-state index in [2.05, 4.69) is 4.98 Å². The summed E-state index contributed by atoms with van der Waals surface area (Å²) in [6.45, 7) is 3.34. The van der Waals surface area contributed by atoms with E-state index in [1.54, 1.807) is 19.9 Å². The highest BCUT2D eigenvalue weighted by atomic mass is 35.5. The number of allylic oxidation sites excluding steroid dienone is 1. The molecule has 0 amide bonds. The summed E-state index contributed by atoms with van der Waals surface area (Å²) in [5, 5.41) is 9.75. The number of carbonyl (C=O) groups is 1. The maximum atomic E-state index is 12.7. The number of hydrogen-bond donors (Lipinski definition) is 1. The van der Waals surface area contributed by atoms with E-state index in [1.807, 2.05) is 0 Å². The van der Waals surface area contributed by atoms with E-state index in [9.17, 15) is 18.5 Å².